The van der Waals surface area contributed by atoms with E-state index in [1.165, 1.54) is 34.5 Å². The summed E-state index contributed by atoms with van der Waals surface area (Å²) in [5, 5.41) is 0.372. The van der Waals surface area contributed by atoms with Crippen LogP contribution in [0.2, 0.25) is 10.0 Å². The minimum atomic E-state index is -4.08. The summed E-state index contributed by atoms with van der Waals surface area (Å²) < 4.78 is 33.2. The number of methoxy groups -OCH3 is 1. The van der Waals surface area contributed by atoms with Crippen molar-refractivity contribution in [3.05, 3.63) is 28.2 Å². The number of benzene rings is 1. The van der Waals surface area contributed by atoms with Gasteiger partial charge in [-0.1, -0.05) is 23.2 Å². The van der Waals surface area contributed by atoms with E-state index in [-0.39, 0.29) is 27.4 Å². The molecule has 2 bridgehead atoms. The molecule has 1 amide bonds. The summed E-state index contributed by atoms with van der Waals surface area (Å²) in [6.45, 7) is 0.792. The molecule has 2 heterocycles. The van der Waals surface area contributed by atoms with Crippen molar-refractivity contribution < 1.29 is 22.7 Å². The van der Waals surface area contributed by atoms with Crippen molar-refractivity contribution in [3.8, 4) is 0 Å². The maximum Gasteiger partial charge on any atom is 0.244 e. The Labute approximate surface area is 174 Å². The Morgan fingerprint density at radius 1 is 1.21 bits per heavy atom. The highest BCUT2D eigenvalue weighted by Gasteiger charge is 2.50. The Bertz CT molecular complexity index is 843. The van der Waals surface area contributed by atoms with Gasteiger partial charge in [-0.05, 0) is 37.5 Å². The van der Waals surface area contributed by atoms with Crippen LogP contribution >= 0.6 is 23.2 Å². The Kier molecular flexibility index (Phi) is 6.66. The molecule has 0 saturated carbocycles. The van der Waals surface area contributed by atoms with Gasteiger partial charge in [-0.15, -0.1) is 0 Å². The number of hydrogen-bond acceptors (Lipinski definition) is 5. The summed E-state index contributed by atoms with van der Waals surface area (Å²) in [6, 6.07) is 2.62. The number of rotatable bonds is 6. The van der Waals surface area contributed by atoms with E-state index in [2.05, 4.69) is 0 Å². The Hall–Kier alpha value is -1.19. The molecule has 10 heteroatoms. The van der Waals surface area contributed by atoms with Gasteiger partial charge in [-0.25, -0.2) is 8.42 Å². The van der Waals surface area contributed by atoms with Crippen LogP contribution in [0.4, 0.5) is 0 Å². The lowest BCUT2D eigenvalue weighted by atomic mass is 9.91. The monoisotopic (exact) mass is 448 g/mol. The van der Waals surface area contributed by atoms with Crippen molar-refractivity contribution in [3.63, 3.8) is 0 Å². The molecule has 2 saturated heterocycles. The van der Waals surface area contributed by atoms with Crippen molar-refractivity contribution in [2.75, 3.05) is 26.8 Å². The van der Waals surface area contributed by atoms with Crippen LogP contribution in [0.25, 0.3) is 0 Å². The second-order valence-corrected chi connectivity index (χ2v) is 9.75. The van der Waals surface area contributed by atoms with Gasteiger partial charge < -0.3 is 14.4 Å². The number of sulfonamides is 1. The van der Waals surface area contributed by atoms with E-state index in [0.717, 1.165) is 6.29 Å². The van der Waals surface area contributed by atoms with Gasteiger partial charge in [-0.2, -0.15) is 4.31 Å². The normalized spacial score (nSPS) is 26.2. The van der Waals surface area contributed by atoms with E-state index >= 15 is 0 Å². The fraction of sp³-hybridized carbons (Fsp3) is 0.556. The van der Waals surface area contributed by atoms with Gasteiger partial charge >= 0.3 is 0 Å². The topological polar surface area (TPSA) is 84.0 Å². The van der Waals surface area contributed by atoms with Gasteiger partial charge in [0.15, 0.2) is 0 Å². The van der Waals surface area contributed by atoms with Gasteiger partial charge in [-0.3, -0.25) is 4.79 Å². The summed E-state index contributed by atoms with van der Waals surface area (Å²) in [7, 11) is -2.56. The lowest BCUT2D eigenvalue weighted by Crippen LogP contribution is -2.55. The number of carbonyl (C=O) groups is 2. The summed E-state index contributed by atoms with van der Waals surface area (Å²) in [6.07, 6.45) is 2.33. The van der Waals surface area contributed by atoms with E-state index in [1.54, 1.807) is 0 Å². The molecular formula is C18H22Cl2N2O5S. The quantitative estimate of drug-likeness (QED) is 0.622. The van der Waals surface area contributed by atoms with Crippen LogP contribution in [-0.4, -0.2) is 68.7 Å². The molecule has 0 aliphatic carbocycles. The fourth-order valence-corrected chi connectivity index (χ4v) is 6.60. The third-order valence-electron chi connectivity index (χ3n) is 5.29. The smallest absolute Gasteiger partial charge is 0.244 e. The van der Waals surface area contributed by atoms with Gasteiger partial charge in [0.25, 0.3) is 0 Å². The fourth-order valence-electron chi connectivity index (χ4n) is 4.00. The molecule has 0 N–H and O–H groups in total. The summed E-state index contributed by atoms with van der Waals surface area (Å²) in [4.78, 5) is 26.4. The van der Waals surface area contributed by atoms with E-state index in [0.29, 0.717) is 32.4 Å². The van der Waals surface area contributed by atoms with Crippen molar-refractivity contribution in [1.82, 2.24) is 9.21 Å². The van der Waals surface area contributed by atoms with Crippen molar-refractivity contribution in [2.24, 2.45) is 5.92 Å². The van der Waals surface area contributed by atoms with Crippen LogP contribution in [-0.2, 0) is 24.3 Å². The number of amides is 1. The predicted octanol–water partition coefficient (Wildman–Crippen LogP) is 2.21. The zero-order valence-electron chi connectivity index (χ0n) is 15.4. The van der Waals surface area contributed by atoms with Crippen LogP contribution in [0.3, 0.4) is 0 Å². The molecule has 7 nitrogen and oxygen atoms in total. The first-order valence-corrected chi connectivity index (χ1v) is 11.2. The Morgan fingerprint density at radius 3 is 2.50 bits per heavy atom. The first-order valence-electron chi connectivity index (χ1n) is 9.02. The summed E-state index contributed by atoms with van der Waals surface area (Å²) in [5.41, 5.74) is 0. The van der Waals surface area contributed by atoms with Crippen LogP contribution in [0.15, 0.2) is 23.1 Å². The van der Waals surface area contributed by atoms with Gasteiger partial charge in [0.1, 0.15) is 12.3 Å². The number of hydrogen-bond donors (Lipinski definition) is 0. The van der Waals surface area contributed by atoms with Crippen molar-refractivity contribution in [2.45, 2.75) is 36.2 Å². The van der Waals surface area contributed by atoms with Crippen LogP contribution in [0.1, 0.15) is 19.3 Å². The maximum absolute atomic E-state index is 13.5. The average molecular weight is 449 g/mol. The molecule has 1 aromatic carbocycles. The molecule has 0 radical (unpaired) electrons. The molecule has 0 aromatic heterocycles. The molecule has 2 aliphatic heterocycles. The minimum Gasteiger partial charge on any atom is -0.383 e. The van der Waals surface area contributed by atoms with Crippen LogP contribution in [0, 0.1) is 5.92 Å². The van der Waals surface area contributed by atoms with Gasteiger partial charge in [0.05, 0.1) is 11.5 Å². The molecule has 154 valence electrons. The standard InChI is InChI=1S/C18H22Cl2N2O5S/c1-27-6-5-21-10-12(11-23)16-3-2-4-17(18(21)24)22(16)28(25,26)15-8-13(19)7-14(20)9-15/h7-9,11-12,16-17H,2-6,10H2,1H3/t12-,16?,17?/m1/s1. The van der Waals surface area contributed by atoms with E-state index in [1.807, 2.05) is 0 Å². The molecular weight excluding hydrogens is 427 g/mol. The lowest BCUT2D eigenvalue weighted by molar-refractivity contribution is -0.135. The zero-order chi connectivity index (χ0) is 20.5. The van der Waals surface area contributed by atoms with E-state index in [4.69, 9.17) is 27.9 Å². The summed E-state index contributed by atoms with van der Waals surface area (Å²) >= 11 is 12.0. The predicted molar refractivity (Wildman–Crippen MR) is 105 cm³/mol. The first kappa shape index (κ1) is 21.5. The van der Waals surface area contributed by atoms with Gasteiger partial charge in [0.2, 0.25) is 15.9 Å². The molecule has 28 heavy (non-hydrogen) atoms. The Balaban J connectivity index is 2.07. The van der Waals surface area contributed by atoms with Crippen LogP contribution < -0.4 is 0 Å². The van der Waals surface area contributed by atoms with Crippen LogP contribution in [0.5, 0.6) is 0 Å². The first-order chi connectivity index (χ1) is 13.3. The van der Waals surface area contributed by atoms with Crippen molar-refractivity contribution >= 4 is 45.4 Å². The van der Waals surface area contributed by atoms with E-state index in [9.17, 15) is 18.0 Å². The second-order valence-electron chi connectivity index (χ2n) is 7.03. The number of halogens is 2. The second kappa shape index (κ2) is 8.67. The average Bonchev–Trinajstić information content (AvgIpc) is 2.72. The highest BCUT2D eigenvalue weighted by molar-refractivity contribution is 7.89. The van der Waals surface area contributed by atoms with E-state index < -0.39 is 28.0 Å². The molecule has 2 unspecified atom stereocenters. The highest BCUT2D eigenvalue weighted by Crippen LogP contribution is 2.37. The molecule has 0 spiro atoms. The molecule has 2 aliphatic rings. The number of piperidine rings is 1. The largest absolute Gasteiger partial charge is 0.383 e. The molecule has 3 rings (SSSR count). The number of fused-ring (bicyclic) bond motifs is 2. The van der Waals surface area contributed by atoms with Crippen molar-refractivity contribution in [1.29, 1.82) is 0 Å². The molecule has 2 fully saturated rings. The third kappa shape index (κ3) is 4.07. The number of ether oxygens (including phenoxy) is 1. The maximum atomic E-state index is 13.5. The SMILES string of the molecule is COCCN1C[C@H](C=O)C2CCCC(C1=O)N2S(=O)(=O)c1cc(Cl)cc(Cl)c1. The number of aldehydes is 1. The number of carbonyl (C=O) groups excluding carboxylic acids is 2. The minimum absolute atomic E-state index is 0.0790. The zero-order valence-corrected chi connectivity index (χ0v) is 17.7. The molecule has 3 atom stereocenters. The summed E-state index contributed by atoms with van der Waals surface area (Å²) in [5.74, 6) is -0.918. The van der Waals surface area contributed by atoms with Gasteiger partial charge in [0, 0.05) is 42.2 Å². The lowest BCUT2D eigenvalue weighted by Gasteiger charge is -2.39. The highest BCUT2D eigenvalue weighted by atomic mass is 35.5. The Morgan fingerprint density at radius 2 is 1.89 bits per heavy atom. The molecule has 1 aromatic rings. The third-order valence-corrected chi connectivity index (χ3v) is 7.63. The number of nitrogens with zero attached hydrogens (tertiary/aromatic N) is 2.